The third-order valence-electron chi connectivity index (χ3n) is 3.15. The van der Waals surface area contributed by atoms with Crippen LogP contribution in [0.1, 0.15) is 23.6 Å². The Kier molecular flexibility index (Phi) is 3.04. The summed E-state index contributed by atoms with van der Waals surface area (Å²) in [6, 6.07) is 6.03. The van der Waals surface area contributed by atoms with Gasteiger partial charge in [0.2, 0.25) is 5.91 Å². The first kappa shape index (κ1) is 11.6. The minimum absolute atomic E-state index is 0.0132. The summed E-state index contributed by atoms with van der Waals surface area (Å²) in [5, 5.41) is 0. The molecule has 0 aromatic heterocycles. The van der Waals surface area contributed by atoms with Gasteiger partial charge in [-0.05, 0) is 24.1 Å². The van der Waals surface area contributed by atoms with Crippen molar-refractivity contribution in [2.75, 3.05) is 7.05 Å². The van der Waals surface area contributed by atoms with Crippen LogP contribution in [0, 0.1) is 6.92 Å². The Hall–Kier alpha value is -0.870. The molecule has 2 N–H and O–H groups in total. The van der Waals surface area contributed by atoms with E-state index in [1.165, 1.54) is 0 Å². The largest absolute Gasteiger partial charge is 0.337 e. The van der Waals surface area contributed by atoms with Crippen LogP contribution in [0.25, 0.3) is 0 Å². The number of likely N-dealkylation sites (tertiary alicyclic amines) is 1. The van der Waals surface area contributed by atoms with Gasteiger partial charge < -0.3 is 10.6 Å². The minimum Gasteiger partial charge on any atom is -0.337 e. The van der Waals surface area contributed by atoms with Gasteiger partial charge in [0.05, 0.1) is 6.04 Å². The molecule has 4 heteroatoms. The van der Waals surface area contributed by atoms with Gasteiger partial charge in [0.25, 0.3) is 0 Å². The molecule has 0 radical (unpaired) electrons. The fraction of sp³-hybridized carbons (Fsp3) is 0.417. The molecular formula is C12H15BrN2O. The zero-order valence-corrected chi connectivity index (χ0v) is 11.0. The SMILES string of the molecule is Cc1cc(C2C(N)CC(=O)N2C)ccc1Br. The van der Waals surface area contributed by atoms with E-state index in [1.807, 2.05) is 26.1 Å². The van der Waals surface area contributed by atoms with Crippen molar-refractivity contribution in [2.24, 2.45) is 5.73 Å². The number of likely N-dealkylation sites (N-methyl/N-ethyl adjacent to an activating group) is 1. The normalized spacial score (nSPS) is 25.2. The summed E-state index contributed by atoms with van der Waals surface area (Å²) in [7, 11) is 1.82. The predicted octanol–water partition coefficient (Wildman–Crippen LogP) is 1.99. The molecule has 1 aromatic rings. The number of carbonyl (C=O) groups is 1. The Labute approximate surface area is 104 Å². The van der Waals surface area contributed by atoms with Gasteiger partial charge in [0.1, 0.15) is 0 Å². The molecule has 1 fully saturated rings. The van der Waals surface area contributed by atoms with Gasteiger partial charge in [0, 0.05) is 24.0 Å². The first-order valence-corrected chi connectivity index (χ1v) is 6.07. The third-order valence-corrected chi connectivity index (χ3v) is 4.04. The van der Waals surface area contributed by atoms with Gasteiger partial charge in [-0.2, -0.15) is 0 Å². The van der Waals surface area contributed by atoms with E-state index < -0.39 is 0 Å². The van der Waals surface area contributed by atoms with Crippen molar-refractivity contribution >= 4 is 21.8 Å². The second kappa shape index (κ2) is 4.18. The summed E-state index contributed by atoms with van der Waals surface area (Å²) in [6.45, 7) is 2.04. The van der Waals surface area contributed by atoms with Crippen LogP contribution >= 0.6 is 15.9 Å². The Bertz CT molecular complexity index is 433. The summed E-state index contributed by atoms with van der Waals surface area (Å²) in [4.78, 5) is 13.3. The lowest BCUT2D eigenvalue weighted by Gasteiger charge is -2.23. The van der Waals surface area contributed by atoms with Crippen LogP contribution in [-0.4, -0.2) is 23.9 Å². The highest BCUT2D eigenvalue weighted by atomic mass is 79.9. The van der Waals surface area contributed by atoms with Gasteiger partial charge in [-0.15, -0.1) is 0 Å². The molecule has 16 heavy (non-hydrogen) atoms. The van der Waals surface area contributed by atoms with Crippen LogP contribution in [0.4, 0.5) is 0 Å². The van der Waals surface area contributed by atoms with Crippen molar-refractivity contribution in [3.8, 4) is 0 Å². The molecule has 1 amide bonds. The molecule has 1 aliphatic heterocycles. The topological polar surface area (TPSA) is 46.3 Å². The molecule has 1 aliphatic rings. The molecule has 0 aliphatic carbocycles. The van der Waals surface area contributed by atoms with E-state index in [0.29, 0.717) is 6.42 Å². The summed E-state index contributed by atoms with van der Waals surface area (Å²) < 4.78 is 1.08. The van der Waals surface area contributed by atoms with E-state index in [1.54, 1.807) is 4.90 Å². The smallest absolute Gasteiger partial charge is 0.224 e. The fourth-order valence-electron chi connectivity index (χ4n) is 2.22. The van der Waals surface area contributed by atoms with Crippen molar-refractivity contribution in [2.45, 2.75) is 25.4 Å². The first-order chi connectivity index (χ1) is 7.50. The third kappa shape index (κ3) is 1.87. The summed E-state index contributed by atoms with van der Waals surface area (Å²) in [6.07, 6.45) is 0.441. The van der Waals surface area contributed by atoms with Crippen LogP contribution in [-0.2, 0) is 4.79 Å². The minimum atomic E-state index is -0.0990. The zero-order valence-electron chi connectivity index (χ0n) is 9.40. The standard InChI is InChI=1S/C12H15BrN2O/c1-7-5-8(3-4-9(7)13)12-10(14)6-11(16)15(12)2/h3-5,10,12H,6,14H2,1-2H3. The zero-order chi connectivity index (χ0) is 11.9. The van der Waals surface area contributed by atoms with E-state index >= 15 is 0 Å². The monoisotopic (exact) mass is 282 g/mol. The molecule has 3 nitrogen and oxygen atoms in total. The number of aryl methyl sites for hydroxylation is 1. The lowest BCUT2D eigenvalue weighted by Crippen LogP contribution is -2.30. The fourth-order valence-corrected chi connectivity index (χ4v) is 2.47. The van der Waals surface area contributed by atoms with Crippen molar-refractivity contribution in [3.63, 3.8) is 0 Å². The highest BCUT2D eigenvalue weighted by Crippen LogP contribution is 2.32. The summed E-state index contributed by atoms with van der Waals surface area (Å²) >= 11 is 3.47. The molecule has 2 atom stereocenters. The van der Waals surface area contributed by atoms with Crippen LogP contribution < -0.4 is 5.73 Å². The predicted molar refractivity (Wildman–Crippen MR) is 67.0 cm³/mol. The number of benzene rings is 1. The van der Waals surface area contributed by atoms with Crippen molar-refractivity contribution < 1.29 is 4.79 Å². The van der Waals surface area contributed by atoms with Crippen LogP contribution in [0.3, 0.4) is 0 Å². The van der Waals surface area contributed by atoms with Gasteiger partial charge in [-0.25, -0.2) is 0 Å². The average Bonchev–Trinajstić information content (AvgIpc) is 2.47. The number of hydrogen-bond acceptors (Lipinski definition) is 2. The lowest BCUT2D eigenvalue weighted by molar-refractivity contribution is -0.127. The number of nitrogens with zero attached hydrogens (tertiary/aromatic N) is 1. The quantitative estimate of drug-likeness (QED) is 0.856. The maximum atomic E-state index is 11.6. The van der Waals surface area contributed by atoms with E-state index in [9.17, 15) is 4.79 Å². The maximum Gasteiger partial charge on any atom is 0.224 e. The molecule has 1 heterocycles. The van der Waals surface area contributed by atoms with Crippen LogP contribution in [0.2, 0.25) is 0 Å². The molecule has 0 spiro atoms. The number of nitrogens with two attached hydrogens (primary N) is 1. The van der Waals surface area contributed by atoms with Gasteiger partial charge in [0.15, 0.2) is 0 Å². The second-order valence-electron chi connectivity index (χ2n) is 4.33. The summed E-state index contributed by atoms with van der Waals surface area (Å²) in [5.74, 6) is 0.123. The average molecular weight is 283 g/mol. The van der Waals surface area contributed by atoms with Crippen LogP contribution in [0.15, 0.2) is 22.7 Å². The van der Waals surface area contributed by atoms with Crippen LogP contribution in [0.5, 0.6) is 0 Å². The van der Waals surface area contributed by atoms with Crippen molar-refractivity contribution in [1.29, 1.82) is 0 Å². The van der Waals surface area contributed by atoms with Gasteiger partial charge in [-0.1, -0.05) is 28.1 Å². The van der Waals surface area contributed by atoms with Crippen molar-refractivity contribution in [3.05, 3.63) is 33.8 Å². The van der Waals surface area contributed by atoms with Crippen molar-refractivity contribution in [1.82, 2.24) is 4.90 Å². The Morgan fingerprint density at radius 3 is 2.69 bits per heavy atom. The maximum absolute atomic E-state index is 11.6. The number of carbonyl (C=O) groups excluding carboxylic acids is 1. The highest BCUT2D eigenvalue weighted by molar-refractivity contribution is 9.10. The Morgan fingerprint density at radius 2 is 2.19 bits per heavy atom. The number of rotatable bonds is 1. The Balaban J connectivity index is 2.37. The van der Waals surface area contributed by atoms with E-state index in [2.05, 4.69) is 22.0 Å². The van der Waals surface area contributed by atoms with E-state index in [4.69, 9.17) is 5.73 Å². The highest BCUT2D eigenvalue weighted by Gasteiger charge is 2.36. The van der Waals surface area contributed by atoms with E-state index in [0.717, 1.165) is 15.6 Å². The lowest BCUT2D eigenvalue weighted by atomic mass is 9.99. The molecule has 0 saturated carbocycles. The number of halogens is 1. The first-order valence-electron chi connectivity index (χ1n) is 5.28. The Morgan fingerprint density at radius 1 is 1.50 bits per heavy atom. The molecule has 0 bridgehead atoms. The molecule has 2 rings (SSSR count). The molecule has 2 unspecified atom stereocenters. The van der Waals surface area contributed by atoms with Gasteiger partial charge in [-0.3, -0.25) is 4.79 Å². The molecule has 1 aromatic carbocycles. The molecular weight excluding hydrogens is 268 g/mol. The second-order valence-corrected chi connectivity index (χ2v) is 5.18. The number of hydrogen-bond donors (Lipinski definition) is 1. The molecule has 86 valence electrons. The van der Waals surface area contributed by atoms with E-state index in [-0.39, 0.29) is 18.0 Å². The summed E-state index contributed by atoms with van der Waals surface area (Å²) in [5.41, 5.74) is 8.28. The number of amides is 1. The van der Waals surface area contributed by atoms with Gasteiger partial charge >= 0.3 is 0 Å². The molecule has 1 saturated heterocycles.